The number of rotatable bonds is 4. The van der Waals surface area contributed by atoms with Crippen LogP contribution in [0.3, 0.4) is 0 Å². The summed E-state index contributed by atoms with van der Waals surface area (Å²) in [4.78, 5) is 14.7. The number of phenols is 1. The smallest absolute Gasteiger partial charge is 0.387 e. The Morgan fingerprint density at radius 2 is 1.95 bits per heavy atom. The molecule has 2 aromatic rings. The molecule has 2 N–H and O–H groups in total. The van der Waals surface area contributed by atoms with Gasteiger partial charge in [0.1, 0.15) is 17.1 Å². The van der Waals surface area contributed by atoms with Gasteiger partial charge in [0, 0.05) is 11.8 Å². The number of nitrogens with zero attached hydrogens (tertiary/aromatic N) is 1. The quantitative estimate of drug-likeness (QED) is 0.900. The molecule has 0 aliphatic rings. The molecule has 0 spiro atoms. The van der Waals surface area contributed by atoms with Crippen LogP contribution in [0.25, 0.3) is 11.1 Å². The number of alkyl halides is 2. The minimum Gasteiger partial charge on any atom is -0.507 e. The lowest BCUT2D eigenvalue weighted by Crippen LogP contribution is -2.02. The zero-order chi connectivity index (χ0) is 14.7. The lowest BCUT2D eigenvalue weighted by atomic mass is 10.0. The predicted octanol–water partition coefficient (Wildman–Crippen LogP) is 2.75. The van der Waals surface area contributed by atoms with Gasteiger partial charge in [-0.2, -0.15) is 8.78 Å². The van der Waals surface area contributed by atoms with E-state index in [1.54, 1.807) is 0 Å². The van der Waals surface area contributed by atoms with E-state index in [4.69, 9.17) is 5.11 Å². The van der Waals surface area contributed by atoms with Gasteiger partial charge in [-0.05, 0) is 23.8 Å². The molecule has 2 rings (SSSR count). The van der Waals surface area contributed by atoms with Crippen LogP contribution in [0.15, 0.2) is 36.7 Å². The van der Waals surface area contributed by atoms with Gasteiger partial charge in [0.25, 0.3) is 0 Å². The molecule has 5 nitrogen and oxygen atoms in total. The van der Waals surface area contributed by atoms with Crippen molar-refractivity contribution in [2.75, 3.05) is 0 Å². The van der Waals surface area contributed by atoms with Crippen molar-refractivity contribution in [2.45, 2.75) is 6.61 Å². The summed E-state index contributed by atoms with van der Waals surface area (Å²) >= 11 is 0. The first-order chi connectivity index (χ1) is 9.47. The minimum atomic E-state index is -2.97. The van der Waals surface area contributed by atoms with Crippen molar-refractivity contribution in [1.29, 1.82) is 0 Å². The van der Waals surface area contributed by atoms with Crippen molar-refractivity contribution < 1.29 is 28.5 Å². The summed E-state index contributed by atoms with van der Waals surface area (Å²) in [7, 11) is 0. The van der Waals surface area contributed by atoms with Crippen molar-refractivity contribution in [3.05, 3.63) is 42.2 Å². The fourth-order valence-corrected chi connectivity index (χ4v) is 1.63. The normalized spacial score (nSPS) is 10.6. The maximum Gasteiger partial charge on any atom is 0.387 e. The van der Waals surface area contributed by atoms with E-state index in [2.05, 4.69) is 9.72 Å². The summed E-state index contributed by atoms with van der Waals surface area (Å²) in [5, 5.41) is 18.3. The summed E-state index contributed by atoms with van der Waals surface area (Å²) in [6, 6.07) is 5.18. The number of carboxylic acids is 1. The van der Waals surface area contributed by atoms with Gasteiger partial charge in [-0.1, -0.05) is 6.07 Å². The van der Waals surface area contributed by atoms with E-state index in [-0.39, 0.29) is 17.1 Å². The third-order valence-electron chi connectivity index (χ3n) is 2.50. The summed E-state index contributed by atoms with van der Waals surface area (Å²) in [5.41, 5.74) is 0.515. The van der Waals surface area contributed by atoms with Gasteiger partial charge in [0.05, 0.1) is 6.20 Å². The van der Waals surface area contributed by atoms with Crippen molar-refractivity contribution in [3.63, 3.8) is 0 Å². The molecule has 1 aromatic carbocycles. The van der Waals surface area contributed by atoms with Gasteiger partial charge < -0.3 is 14.9 Å². The van der Waals surface area contributed by atoms with E-state index in [0.29, 0.717) is 11.1 Å². The van der Waals surface area contributed by atoms with Crippen molar-refractivity contribution in [2.24, 2.45) is 0 Å². The Morgan fingerprint density at radius 3 is 2.60 bits per heavy atom. The third-order valence-corrected chi connectivity index (χ3v) is 2.50. The number of hydrogen-bond donors (Lipinski definition) is 2. The van der Waals surface area contributed by atoms with Gasteiger partial charge in [-0.15, -0.1) is 0 Å². The highest BCUT2D eigenvalue weighted by atomic mass is 19.3. The third kappa shape index (κ3) is 3.00. The number of pyridine rings is 1. The number of benzene rings is 1. The van der Waals surface area contributed by atoms with Crippen molar-refractivity contribution in [3.8, 4) is 22.6 Å². The Kier molecular flexibility index (Phi) is 3.79. The first-order valence-corrected chi connectivity index (χ1v) is 5.44. The maximum absolute atomic E-state index is 12.1. The lowest BCUT2D eigenvalue weighted by molar-refractivity contribution is -0.0500. The average Bonchev–Trinajstić information content (AvgIpc) is 2.38. The fraction of sp³-hybridized carbons (Fsp3) is 0.0769. The van der Waals surface area contributed by atoms with Crippen LogP contribution in [0.1, 0.15) is 10.4 Å². The molecule has 0 aliphatic heterocycles. The number of aromatic nitrogens is 1. The van der Waals surface area contributed by atoms with E-state index >= 15 is 0 Å². The van der Waals surface area contributed by atoms with Crippen LogP contribution in [0.2, 0.25) is 0 Å². The van der Waals surface area contributed by atoms with Gasteiger partial charge in [0.15, 0.2) is 0 Å². The van der Waals surface area contributed by atoms with Crippen LogP contribution < -0.4 is 4.74 Å². The largest absolute Gasteiger partial charge is 0.507 e. The monoisotopic (exact) mass is 281 g/mol. The molecule has 1 aromatic heterocycles. The SMILES string of the molecule is O=C(O)c1cc(-c2cncc(OC(F)F)c2)ccc1O. The topological polar surface area (TPSA) is 79.7 Å². The molecule has 0 aliphatic carbocycles. The molecule has 0 bridgehead atoms. The van der Waals surface area contributed by atoms with E-state index in [1.165, 1.54) is 30.5 Å². The van der Waals surface area contributed by atoms with Crippen molar-refractivity contribution >= 4 is 5.97 Å². The second kappa shape index (κ2) is 5.52. The van der Waals surface area contributed by atoms with E-state index in [1.807, 2.05) is 0 Å². The molecule has 0 saturated carbocycles. The van der Waals surface area contributed by atoms with E-state index < -0.39 is 12.6 Å². The van der Waals surface area contributed by atoms with Gasteiger partial charge >= 0.3 is 12.6 Å². The number of aromatic carboxylic acids is 1. The minimum absolute atomic E-state index is 0.137. The molecule has 0 unspecified atom stereocenters. The number of halogens is 2. The van der Waals surface area contributed by atoms with Crippen LogP contribution >= 0.6 is 0 Å². The van der Waals surface area contributed by atoms with E-state index in [0.717, 1.165) is 6.20 Å². The highest BCUT2D eigenvalue weighted by Gasteiger charge is 2.12. The second-order valence-corrected chi connectivity index (χ2v) is 3.82. The Hall–Kier alpha value is -2.70. The Labute approximate surface area is 112 Å². The molecule has 0 amide bonds. The average molecular weight is 281 g/mol. The van der Waals surface area contributed by atoms with E-state index in [9.17, 15) is 18.7 Å². The molecular weight excluding hydrogens is 272 g/mol. The Morgan fingerprint density at radius 1 is 1.20 bits per heavy atom. The summed E-state index contributed by atoms with van der Waals surface area (Å²) < 4.78 is 28.4. The van der Waals surface area contributed by atoms with Crippen LogP contribution in [-0.2, 0) is 0 Å². The summed E-state index contributed by atoms with van der Waals surface area (Å²) in [6.45, 7) is -2.97. The highest BCUT2D eigenvalue weighted by Crippen LogP contribution is 2.28. The number of carboxylic acid groups (broad SMARTS) is 1. The molecule has 7 heteroatoms. The predicted molar refractivity (Wildman–Crippen MR) is 64.9 cm³/mol. The maximum atomic E-state index is 12.1. The molecular formula is C13H9F2NO4. The van der Waals surface area contributed by atoms with Crippen LogP contribution in [0.4, 0.5) is 8.78 Å². The Bertz CT molecular complexity index is 646. The molecule has 1 heterocycles. The standard InChI is InChI=1S/C13H9F2NO4/c14-13(15)20-9-3-8(5-16-6-9)7-1-2-11(17)10(4-7)12(18)19/h1-6,13,17H,(H,18,19). The summed E-state index contributed by atoms with van der Waals surface area (Å²) in [5.74, 6) is -1.81. The molecule has 0 fully saturated rings. The number of aromatic hydroxyl groups is 1. The summed E-state index contributed by atoms with van der Waals surface area (Å²) in [6.07, 6.45) is 2.49. The first kappa shape index (κ1) is 13.7. The lowest BCUT2D eigenvalue weighted by Gasteiger charge is -2.07. The number of ether oxygens (including phenoxy) is 1. The molecule has 0 saturated heterocycles. The molecule has 20 heavy (non-hydrogen) atoms. The molecule has 104 valence electrons. The first-order valence-electron chi connectivity index (χ1n) is 5.44. The fourth-order valence-electron chi connectivity index (χ4n) is 1.63. The Balaban J connectivity index is 2.41. The van der Waals surface area contributed by atoms with Crippen LogP contribution in [0, 0.1) is 0 Å². The molecule has 0 atom stereocenters. The van der Waals surface area contributed by atoms with Gasteiger partial charge in [-0.25, -0.2) is 4.79 Å². The van der Waals surface area contributed by atoms with Crippen molar-refractivity contribution in [1.82, 2.24) is 4.98 Å². The number of carbonyl (C=O) groups is 1. The van der Waals surface area contributed by atoms with Crippen LogP contribution in [0.5, 0.6) is 11.5 Å². The van der Waals surface area contributed by atoms with Crippen LogP contribution in [-0.4, -0.2) is 27.8 Å². The van der Waals surface area contributed by atoms with Gasteiger partial charge in [-0.3, -0.25) is 4.98 Å². The molecule has 0 radical (unpaired) electrons. The highest BCUT2D eigenvalue weighted by molar-refractivity contribution is 5.92. The second-order valence-electron chi connectivity index (χ2n) is 3.82. The zero-order valence-corrected chi connectivity index (χ0v) is 9.96. The zero-order valence-electron chi connectivity index (χ0n) is 9.96. The number of hydrogen-bond acceptors (Lipinski definition) is 4. The van der Waals surface area contributed by atoms with Gasteiger partial charge in [0.2, 0.25) is 0 Å².